The third kappa shape index (κ3) is 4.19. The van der Waals surface area contributed by atoms with Crippen molar-refractivity contribution in [2.24, 2.45) is 11.3 Å². The first-order valence-electron chi connectivity index (χ1n) is 8.23. The van der Waals surface area contributed by atoms with Gasteiger partial charge in [-0.1, -0.05) is 27.7 Å². The van der Waals surface area contributed by atoms with Crippen LogP contribution in [0, 0.1) is 11.3 Å². The largest absolute Gasteiger partial charge is 0.396 e. The second-order valence-electron chi connectivity index (χ2n) is 7.57. The molecule has 0 bridgehead atoms. The lowest BCUT2D eigenvalue weighted by Crippen LogP contribution is -2.38. The van der Waals surface area contributed by atoms with Gasteiger partial charge in [-0.2, -0.15) is 0 Å². The van der Waals surface area contributed by atoms with Crippen molar-refractivity contribution in [3.63, 3.8) is 0 Å². The van der Waals surface area contributed by atoms with Crippen LogP contribution in [0.15, 0.2) is 0 Å². The lowest BCUT2D eigenvalue weighted by Gasteiger charge is -2.31. The molecule has 0 aromatic carbocycles. The molecule has 1 amide bonds. The summed E-state index contributed by atoms with van der Waals surface area (Å²) in [5, 5.41) is 12.4. The standard InChI is InChI=1S/C17H28N4O2/c1-11(2)8-13-19-14-12(6-7-18-16(14)23)15(20-13)21(5)9-17(3,4)10-22/h11,22H,6-10H2,1-5H3,(H,18,23). The lowest BCUT2D eigenvalue weighted by atomic mass is 9.94. The van der Waals surface area contributed by atoms with Crippen LogP contribution in [0.5, 0.6) is 0 Å². The van der Waals surface area contributed by atoms with E-state index in [9.17, 15) is 9.90 Å². The number of carbonyl (C=O) groups is 1. The summed E-state index contributed by atoms with van der Waals surface area (Å²) in [6, 6.07) is 0. The Balaban J connectivity index is 2.43. The molecule has 6 heteroatoms. The fraction of sp³-hybridized carbons (Fsp3) is 0.706. The summed E-state index contributed by atoms with van der Waals surface area (Å²) >= 11 is 0. The van der Waals surface area contributed by atoms with Crippen LogP contribution in [0.3, 0.4) is 0 Å². The maximum Gasteiger partial charge on any atom is 0.270 e. The van der Waals surface area contributed by atoms with Crippen LogP contribution in [0.25, 0.3) is 0 Å². The number of carbonyl (C=O) groups excluding carboxylic acids is 1. The van der Waals surface area contributed by atoms with Gasteiger partial charge in [0.25, 0.3) is 5.91 Å². The van der Waals surface area contributed by atoms with E-state index in [1.165, 1.54) is 0 Å². The predicted octanol–water partition coefficient (Wildman–Crippen LogP) is 1.42. The van der Waals surface area contributed by atoms with Crippen LogP contribution in [-0.4, -0.2) is 47.7 Å². The molecule has 6 nitrogen and oxygen atoms in total. The SMILES string of the molecule is CC(C)Cc1nc2c(c(N(C)CC(C)(C)CO)n1)CCNC2=O. The summed E-state index contributed by atoms with van der Waals surface area (Å²) < 4.78 is 0. The van der Waals surface area contributed by atoms with Crippen molar-refractivity contribution >= 4 is 11.7 Å². The second-order valence-corrected chi connectivity index (χ2v) is 7.57. The molecule has 23 heavy (non-hydrogen) atoms. The van der Waals surface area contributed by atoms with Crippen LogP contribution in [-0.2, 0) is 12.8 Å². The number of fused-ring (bicyclic) bond motifs is 1. The third-order valence-electron chi connectivity index (χ3n) is 3.95. The molecule has 1 aromatic heterocycles. The number of aliphatic hydroxyl groups excluding tert-OH is 1. The smallest absolute Gasteiger partial charge is 0.270 e. The van der Waals surface area contributed by atoms with Gasteiger partial charge in [-0.05, 0) is 12.3 Å². The minimum Gasteiger partial charge on any atom is -0.396 e. The van der Waals surface area contributed by atoms with Gasteiger partial charge in [0, 0.05) is 44.1 Å². The highest BCUT2D eigenvalue weighted by Crippen LogP contribution is 2.26. The summed E-state index contributed by atoms with van der Waals surface area (Å²) in [6.45, 7) is 9.63. The highest BCUT2D eigenvalue weighted by atomic mass is 16.3. The molecule has 0 radical (unpaired) electrons. The van der Waals surface area contributed by atoms with Crippen LogP contribution < -0.4 is 10.2 Å². The Morgan fingerprint density at radius 3 is 2.65 bits per heavy atom. The van der Waals surface area contributed by atoms with Crippen molar-refractivity contribution in [1.29, 1.82) is 0 Å². The minimum absolute atomic E-state index is 0.101. The molecule has 2 N–H and O–H groups in total. The molecule has 2 heterocycles. The molecule has 0 aliphatic carbocycles. The zero-order chi connectivity index (χ0) is 17.2. The lowest BCUT2D eigenvalue weighted by molar-refractivity contribution is 0.0939. The first-order valence-corrected chi connectivity index (χ1v) is 8.23. The number of amides is 1. The van der Waals surface area contributed by atoms with Crippen molar-refractivity contribution in [2.75, 3.05) is 31.6 Å². The molecule has 0 spiro atoms. The van der Waals surface area contributed by atoms with E-state index in [0.717, 1.165) is 24.2 Å². The molecule has 0 fully saturated rings. The molecule has 1 aliphatic heterocycles. The zero-order valence-corrected chi connectivity index (χ0v) is 14.8. The first kappa shape index (κ1) is 17.7. The van der Waals surface area contributed by atoms with Crippen molar-refractivity contribution in [2.45, 2.75) is 40.5 Å². The molecular formula is C17H28N4O2. The fourth-order valence-corrected chi connectivity index (χ4v) is 2.86. The Bertz CT molecular complexity index is 584. The Morgan fingerprint density at radius 1 is 1.35 bits per heavy atom. The van der Waals surface area contributed by atoms with E-state index in [1.807, 2.05) is 25.8 Å². The molecule has 0 saturated carbocycles. The number of aromatic nitrogens is 2. The van der Waals surface area contributed by atoms with E-state index >= 15 is 0 Å². The van der Waals surface area contributed by atoms with E-state index in [4.69, 9.17) is 4.98 Å². The van der Waals surface area contributed by atoms with Gasteiger partial charge in [0.2, 0.25) is 0 Å². The molecule has 128 valence electrons. The van der Waals surface area contributed by atoms with E-state index in [2.05, 4.69) is 24.1 Å². The molecule has 1 aliphatic rings. The first-order chi connectivity index (χ1) is 10.7. The van der Waals surface area contributed by atoms with Gasteiger partial charge < -0.3 is 15.3 Å². The highest BCUT2D eigenvalue weighted by molar-refractivity contribution is 5.96. The molecule has 1 aromatic rings. The summed E-state index contributed by atoms with van der Waals surface area (Å²) in [5.41, 5.74) is 1.19. The number of hydrogen-bond acceptors (Lipinski definition) is 5. The number of nitrogens with one attached hydrogen (secondary N) is 1. The molecule has 0 saturated heterocycles. The van der Waals surface area contributed by atoms with Crippen molar-refractivity contribution in [3.05, 3.63) is 17.1 Å². The Kier molecular flexibility index (Phi) is 5.24. The van der Waals surface area contributed by atoms with Crippen molar-refractivity contribution in [3.8, 4) is 0 Å². The molecule has 0 unspecified atom stereocenters. The van der Waals surface area contributed by atoms with Crippen LogP contribution in [0.4, 0.5) is 5.82 Å². The topological polar surface area (TPSA) is 78.3 Å². The van der Waals surface area contributed by atoms with Crippen molar-refractivity contribution in [1.82, 2.24) is 15.3 Å². The maximum atomic E-state index is 12.2. The van der Waals surface area contributed by atoms with Gasteiger partial charge in [-0.25, -0.2) is 9.97 Å². The van der Waals surface area contributed by atoms with Crippen LogP contribution in [0.1, 0.15) is 49.6 Å². The number of rotatable bonds is 6. The van der Waals surface area contributed by atoms with Gasteiger partial charge in [0.15, 0.2) is 0 Å². The van der Waals surface area contributed by atoms with Crippen molar-refractivity contribution < 1.29 is 9.90 Å². The molecule has 2 rings (SSSR count). The molecular weight excluding hydrogens is 292 g/mol. The van der Waals surface area contributed by atoms with E-state index < -0.39 is 0 Å². The Labute approximate surface area is 138 Å². The maximum absolute atomic E-state index is 12.2. The molecule has 0 atom stereocenters. The Hall–Kier alpha value is -1.69. The van der Waals surface area contributed by atoms with Gasteiger partial charge in [0.05, 0.1) is 0 Å². The number of nitrogens with zero attached hydrogens (tertiary/aromatic N) is 3. The average Bonchev–Trinajstić information content (AvgIpc) is 2.46. The number of aliphatic hydroxyl groups is 1. The van der Waals surface area contributed by atoms with Gasteiger partial charge in [-0.3, -0.25) is 4.79 Å². The number of anilines is 1. The van der Waals surface area contributed by atoms with Gasteiger partial charge in [-0.15, -0.1) is 0 Å². The van der Waals surface area contributed by atoms with E-state index in [-0.39, 0.29) is 17.9 Å². The predicted molar refractivity (Wildman–Crippen MR) is 90.7 cm³/mol. The summed E-state index contributed by atoms with van der Waals surface area (Å²) in [4.78, 5) is 23.4. The summed E-state index contributed by atoms with van der Waals surface area (Å²) in [7, 11) is 1.96. The zero-order valence-electron chi connectivity index (χ0n) is 14.8. The minimum atomic E-state index is -0.234. The van der Waals surface area contributed by atoms with E-state index in [1.54, 1.807) is 0 Å². The fourth-order valence-electron chi connectivity index (χ4n) is 2.86. The number of hydrogen-bond donors (Lipinski definition) is 2. The summed E-state index contributed by atoms with van der Waals surface area (Å²) in [5.74, 6) is 1.84. The van der Waals surface area contributed by atoms with E-state index in [0.29, 0.717) is 30.5 Å². The second kappa shape index (κ2) is 6.83. The average molecular weight is 320 g/mol. The van der Waals surface area contributed by atoms with Crippen LogP contribution in [0.2, 0.25) is 0 Å². The summed E-state index contributed by atoms with van der Waals surface area (Å²) in [6.07, 6.45) is 1.48. The third-order valence-corrected chi connectivity index (χ3v) is 3.95. The van der Waals surface area contributed by atoms with Gasteiger partial charge >= 0.3 is 0 Å². The monoisotopic (exact) mass is 320 g/mol. The van der Waals surface area contributed by atoms with Crippen LogP contribution >= 0.6 is 0 Å². The normalized spacial score (nSPS) is 14.7. The quantitative estimate of drug-likeness (QED) is 0.829. The van der Waals surface area contributed by atoms with Gasteiger partial charge in [0.1, 0.15) is 17.3 Å². The highest BCUT2D eigenvalue weighted by Gasteiger charge is 2.27. The Morgan fingerprint density at radius 2 is 2.04 bits per heavy atom.